The third kappa shape index (κ3) is 5.83. The Balaban J connectivity index is 1.28. The number of carbonyl (C=O) groups is 2. The second-order valence-corrected chi connectivity index (χ2v) is 8.08. The van der Waals surface area contributed by atoms with Crippen molar-refractivity contribution in [3.63, 3.8) is 0 Å². The zero-order valence-corrected chi connectivity index (χ0v) is 18.8. The predicted octanol–water partition coefficient (Wildman–Crippen LogP) is 5.18. The average molecular weight is 445 g/mol. The molecule has 1 aliphatic heterocycles. The first-order chi connectivity index (χ1) is 16.0. The Morgan fingerprint density at radius 2 is 1.45 bits per heavy atom. The minimum Gasteiger partial charge on any atom is -0.457 e. The third-order valence-electron chi connectivity index (χ3n) is 5.79. The highest BCUT2D eigenvalue weighted by atomic mass is 16.5. The van der Waals surface area contributed by atoms with Gasteiger partial charge in [-0.15, -0.1) is 0 Å². The van der Waals surface area contributed by atoms with Gasteiger partial charge in [-0.2, -0.15) is 0 Å². The normalized spacial score (nSPS) is 15.1. The van der Waals surface area contributed by atoms with Gasteiger partial charge in [0.15, 0.2) is 0 Å². The van der Waals surface area contributed by atoms with Crippen LogP contribution in [0.15, 0.2) is 78.9 Å². The summed E-state index contributed by atoms with van der Waals surface area (Å²) >= 11 is 0. The van der Waals surface area contributed by atoms with Crippen molar-refractivity contribution in [2.75, 3.05) is 35.7 Å². The summed E-state index contributed by atoms with van der Waals surface area (Å²) in [7, 11) is 1.85. The maximum Gasteiger partial charge on any atom is 0.323 e. The van der Waals surface area contributed by atoms with Gasteiger partial charge in [0.1, 0.15) is 11.5 Å². The van der Waals surface area contributed by atoms with Gasteiger partial charge in [0.05, 0.1) is 6.04 Å². The van der Waals surface area contributed by atoms with E-state index in [-0.39, 0.29) is 18.0 Å². The monoisotopic (exact) mass is 444 g/mol. The summed E-state index contributed by atoms with van der Waals surface area (Å²) < 4.78 is 5.77. The summed E-state index contributed by atoms with van der Waals surface area (Å²) in [5, 5.41) is 5.68. The SMILES string of the molecule is CC(=O)N(C)[C@@H]1CCN(c2ccc(NC(=O)Nc3ccc(Oc4ccccc4)cc3)cc2)C1. The van der Waals surface area contributed by atoms with E-state index in [9.17, 15) is 9.59 Å². The van der Waals surface area contributed by atoms with E-state index in [0.29, 0.717) is 17.1 Å². The number of urea groups is 1. The molecule has 3 aromatic rings. The van der Waals surface area contributed by atoms with Crippen LogP contribution in [-0.4, -0.2) is 43.0 Å². The smallest absolute Gasteiger partial charge is 0.323 e. The molecule has 1 fully saturated rings. The van der Waals surface area contributed by atoms with E-state index >= 15 is 0 Å². The van der Waals surface area contributed by atoms with E-state index in [1.54, 1.807) is 24.0 Å². The van der Waals surface area contributed by atoms with Gasteiger partial charge in [-0.25, -0.2) is 4.79 Å². The van der Waals surface area contributed by atoms with E-state index in [2.05, 4.69) is 15.5 Å². The lowest BCUT2D eigenvalue weighted by molar-refractivity contribution is -0.129. The Hall–Kier alpha value is -4.00. The summed E-state index contributed by atoms with van der Waals surface area (Å²) in [6, 6.07) is 24.4. The first kappa shape index (κ1) is 22.2. The van der Waals surface area contributed by atoms with Crippen molar-refractivity contribution in [3.8, 4) is 11.5 Å². The summed E-state index contributed by atoms with van der Waals surface area (Å²) in [5.41, 5.74) is 2.45. The molecule has 1 heterocycles. The van der Waals surface area contributed by atoms with Crippen LogP contribution in [0.25, 0.3) is 0 Å². The molecule has 7 heteroatoms. The molecule has 0 radical (unpaired) electrons. The van der Waals surface area contributed by atoms with Crippen molar-refractivity contribution in [2.24, 2.45) is 0 Å². The predicted molar refractivity (Wildman–Crippen MR) is 131 cm³/mol. The summed E-state index contributed by atoms with van der Waals surface area (Å²) in [4.78, 5) is 28.0. The number of hydrogen-bond acceptors (Lipinski definition) is 4. The molecule has 0 spiro atoms. The Labute approximate surface area is 194 Å². The molecular weight excluding hydrogens is 416 g/mol. The molecule has 0 unspecified atom stereocenters. The lowest BCUT2D eigenvalue weighted by Crippen LogP contribution is -2.37. The molecule has 33 heavy (non-hydrogen) atoms. The Bertz CT molecular complexity index is 1080. The van der Waals surface area contributed by atoms with Gasteiger partial charge in [0.25, 0.3) is 0 Å². The summed E-state index contributed by atoms with van der Waals surface area (Å²) in [6.45, 7) is 3.31. The highest BCUT2D eigenvalue weighted by molar-refractivity contribution is 5.99. The fraction of sp³-hybridized carbons (Fsp3) is 0.231. The fourth-order valence-electron chi connectivity index (χ4n) is 3.83. The highest BCUT2D eigenvalue weighted by Gasteiger charge is 2.27. The zero-order valence-electron chi connectivity index (χ0n) is 18.8. The third-order valence-corrected chi connectivity index (χ3v) is 5.79. The van der Waals surface area contributed by atoms with Crippen LogP contribution in [0, 0.1) is 0 Å². The maximum atomic E-state index is 12.4. The molecule has 7 nitrogen and oxygen atoms in total. The van der Waals surface area contributed by atoms with Gasteiger partial charge in [0, 0.05) is 44.1 Å². The van der Waals surface area contributed by atoms with Crippen molar-refractivity contribution in [3.05, 3.63) is 78.9 Å². The Kier molecular flexibility index (Phi) is 6.78. The first-order valence-corrected chi connectivity index (χ1v) is 11.0. The Morgan fingerprint density at radius 1 is 0.879 bits per heavy atom. The number of anilines is 3. The molecule has 0 aliphatic carbocycles. The lowest BCUT2D eigenvalue weighted by Gasteiger charge is -2.24. The van der Waals surface area contributed by atoms with Crippen LogP contribution >= 0.6 is 0 Å². The minimum atomic E-state index is -0.316. The quantitative estimate of drug-likeness (QED) is 0.549. The van der Waals surface area contributed by atoms with Crippen molar-refractivity contribution < 1.29 is 14.3 Å². The van der Waals surface area contributed by atoms with Crippen LogP contribution < -0.4 is 20.3 Å². The molecule has 2 N–H and O–H groups in total. The van der Waals surface area contributed by atoms with Crippen LogP contribution in [0.5, 0.6) is 11.5 Å². The van der Waals surface area contributed by atoms with Gasteiger partial charge in [0.2, 0.25) is 5.91 Å². The number of para-hydroxylation sites is 1. The van der Waals surface area contributed by atoms with E-state index in [1.165, 1.54) is 0 Å². The van der Waals surface area contributed by atoms with Crippen molar-refractivity contribution in [2.45, 2.75) is 19.4 Å². The maximum absolute atomic E-state index is 12.4. The van der Waals surface area contributed by atoms with Gasteiger partial charge >= 0.3 is 6.03 Å². The summed E-state index contributed by atoms with van der Waals surface area (Å²) in [6.07, 6.45) is 0.952. The molecule has 0 bridgehead atoms. The van der Waals surface area contributed by atoms with Gasteiger partial charge in [-0.1, -0.05) is 18.2 Å². The number of hydrogen-bond donors (Lipinski definition) is 2. The van der Waals surface area contributed by atoms with Crippen molar-refractivity contribution >= 4 is 29.0 Å². The van der Waals surface area contributed by atoms with Crippen LogP contribution in [-0.2, 0) is 4.79 Å². The number of rotatable bonds is 6. The van der Waals surface area contributed by atoms with Crippen LogP contribution in [0.4, 0.5) is 21.9 Å². The van der Waals surface area contributed by atoms with E-state index in [1.807, 2.05) is 73.8 Å². The van der Waals surface area contributed by atoms with Crippen LogP contribution in [0.1, 0.15) is 13.3 Å². The first-order valence-electron chi connectivity index (χ1n) is 11.0. The number of likely N-dealkylation sites (N-methyl/N-ethyl adjacent to an activating group) is 1. The molecule has 170 valence electrons. The number of benzene rings is 3. The average Bonchev–Trinajstić information content (AvgIpc) is 3.31. The van der Waals surface area contributed by atoms with Crippen molar-refractivity contribution in [1.82, 2.24) is 4.90 Å². The molecule has 4 rings (SSSR count). The van der Waals surface area contributed by atoms with Gasteiger partial charge in [-0.05, 0) is 67.1 Å². The number of nitrogens with one attached hydrogen (secondary N) is 2. The molecule has 0 aromatic heterocycles. The second-order valence-electron chi connectivity index (χ2n) is 8.08. The topological polar surface area (TPSA) is 73.9 Å². The van der Waals surface area contributed by atoms with Crippen LogP contribution in [0.2, 0.25) is 0 Å². The van der Waals surface area contributed by atoms with Gasteiger partial charge in [-0.3, -0.25) is 4.79 Å². The Morgan fingerprint density at radius 3 is 2.06 bits per heavy atom. The van der Waals surface area contributed by atoms with Gasteiger partial charge < -0.3 is 25.2 Å². The molecular formula is C26H28N4O3. The molecule has 1 atom stereocenters. The fourth-order valence-corrected chi connectivity index (χ4v) is 3.83. The second kappa shape index (κ2) is 10.1. The molecule has 3 aromatic carbocycles. The largest absolute Gasteiger partial charge is 0.457 e. The van der Waals surface area contributed by atoms with Crippen LogP contribution in [0.3, 0.4) is 0 Å². The molecule has 1 aliphatic rings. The summed E-state index contributed by atoms with van der Waals surface area (Å²) in [5.74, 6) is 1.54. The molecule has 3 amide bonds. The zero-order chi connectivity index (χ0) is 23.2. The minimum absolute atomic E-state index is 0.0887. The van der Waals surface area contributed by atoms with E-state index < -0.39 is 0 Å². The number of carbonyl (C=O) groups excluding carboxylic acids is 2. The molecule has 0 saturated carbocycles. The van der Waals surface area contributed by atoms with E-state index in [4.69, 9.17) is 4.74 Å². The number of amides is 3. The standard InChI is InChI=1S/C26H28N4O3/c1-19(31)29(2)23-16-17-30(18-23)22-12-8-20(9-13-22)27-26(32)28-21-10-14-25(15-11-21)33-24-6-4-3-5-7-24/h3-15,23H,16-18H2,1-2H3,(H2,27,28,32)/t23-/m1/s1. The highest BCUT2D eigenvalue weighted by Crippen LogP contribution is 2.25. The number of nitrogens with zero attached hydrogens (tertiary/aromatic N) is 2. The van der Waals surface area contributed by atoms with Crippen molar-refractivity contribution in [1.29, 1.82) is 0 Å². The van der Waals surface area contributed by atoms with E-state index in [0.717, 1.165) is 30.9 Å². The molecule has 1 saturated heterocycles. The number of ether oxygens (including phenoxy) is 1. The lowest BCUT2D eigenvalue weighted by atomic mass is 10.2.